The maximum absolute atomic E-state index is 12.3. The molecule has 2 unspecified atom stereocenters. The summed E-state index contributed by atoms with van der Waals surface area (Å²) in [5, 5.41) is 4.30. The Morgan fingerprint density at radius 1 is 1.23 bits per heavy atom. The number of allylic oxidation sites excluding steroid dienone is 1. The molecule has 0 saturated carbocycles. The molecule has 128 valence electrons. The third-order valence-corrected chi connectivity index (χ3v) is 2.60. The number of ether oxygens (including phenoxy) is 1. The van der Waals surface area contributed by atoms with Crippen LogP contribution in [0.1, 0.15) is 40.5 Å². The van der Waals surface area contributed by atoms with Gasteiger partial charge in [-0.1, -0.05) is 6.08 Å². The molecule has 22 heavy (non-hydrogen) atoms. The summed E-state index contributed by atoms with van der Waals surface area (Å²) in [6, 6.07) is -1.62. The molecule has 0 aliphatic rings. The molecule has 0 aliphatic carbocycles. The molecule has 2 N–H and O–H groups in total. The second-order valence-electron chi connectivity index (χ2n) is 5.88. The predicted molar refractivity (Wildman–Crippen MR) is 76.2 cm³/mol. The first-order chi connectivity index (χ1) is 9.86. The lowest BCUT2D eigenvalue weighted by Crippen LogP contribution is -2.53. The Labute approximate surface area is 128 Å². The molecule has 0 spiro atoms. The van der Waals surface area contributed by atoms with E-state index >= 15 is 0 Å². The fourth-order valence-corrected chi connectivity index (χ4v) is 1.59. The average molecular weight is 324 g/mol. The minimum Gasteiger partial charge on any atom is -0.444 e. The molecule has 0 fully saturated rings. The van der Waals surface area contributed by atoms with Crippen molar-refractivity contribution in [2.75, 3.05) is 0 Å². The van der Waals surface area contributed by atoms with Gasteiger partial charge in [-0.05, 0) is 40.5 Å². The van der Waals surface area contributed by atoms with Gasteiger partial charge in [0.15, 0.2) is 0 Å². The third kappa shape index (κ3) is 8.53. The minimum atomic E-state index is -4.97. The van der Waals surface area contributed by atoms with Crippen LogP contribution < -0.4 is 10.6 Å². The van der Waals surface area contributed by atoms with Crippen LogP contribution in [-0.2, 0) is 9.53 Å². The monoisotopic (exact) mass is 324 g/mol. The maximum atomic E-state index is 12.3. The number of nitrogens with one attached hydrogen (secondary N) is 2. The number of alkyl halides is 3. The number of amides is 2. The standard InChI is InChI=1S/C14H23F3N2O3/c1-6-7-8-10(19-12(21)22-13(3,4)5)9(2)18-11(20)14(15,16)17/h6,9-10H,1,7-8H2,2-5H3,(H,18,20)(H,19,21). The van der Waals surface area contributed by atoms with Crippen LogP contribution in [0.2, 0.25) is 0 Å². The van der Waals surface area contributed by atoms with Gasteiger partial charge in [0.2, 0.25) is 0 Å². The van der Waals surface area contributed by atoms with Gasteiger partial charge in [-0.2, -0.15) is 13.2 Å². The number of halogens is 3. The molecule has 0 radical (unpaired) electrons. The van der Waals surface area contributed by atoms with Crippen molar-refractivity contribution in [1.29, 1.82) is 0 Å². The highest BCUT2D eigenvalue weighted by Gasteiger charge is 2.40. The second kappa shape index (κ2) is 8.05. The van der Waals surface area contributed by atoms with Crippen LogP contribution in [0.5, 0.6) is 0 Å². The van der Waals surface area contributed by atoms with Crippen LogP contribution in [-0.4, -0.2) is 35.9 Å². The van der Waals surface area contributed by atoms with Gasteiger partial charge < -0.3 is 15.4 Å². The summed E-state index contributed by atoms with van der Waals surface area (Å²) in [5.74, 6) is -2.05. The minimum absolute atomic E-state index is 0.321. The summed E-state index contributed by atoms with van der Waals surface area (Å²) in [4.78, 5) is 22.7. The second-order valence-corrected chi connectivity index (χ2v) is 5.88. The van der Waals surface area contributed by atoms with Crippen LogP contribution in [0, 0.1) is 0 Å². The Bertz CT molecular complexity index is 403. The Hall–Kier alpha value is -1.73. The van der Waals surface area contributed by atoms with E-state index < -0.39 is 35.9 Å². The number of hydrogen-bond donors (Lipinski definition) is 2. The van der Waals surface area contributed by atoms with E-state index in [1.165, 1.54) is 6.92 Å². The van der Waals surface area contributed by atoms with Crippen molar-refractivity contribution in [3.63, 3.8) is 0 Å². The van der Waals surface area contributed by atoms with Crippen molar-refractivity contribution in [2.45, 2.75) is 64.4 Å². The normalized spacial score (nSPS) is 14.7. The average Bonchev–Trinajstić information content (AvgIpc) is 2.30. The van der Waals surface area contributed by atoms with Gasteiger partial charge in [-0.15, -0.1) is 6.58 Å². The van der Waals surface area contributed by atoms with Crippen LogP contribution in [0.25, 0.3) is 0 Å². The molecular formula is C14H23F3N2O3. The number of carbonyl (C=O) groups is 2. The Morgan fingerprint density at radius 2 is 1.77 bits per heavy atom. The molecule has 5 nitrogen and oxygen atoms in total. The highest BCUT2D eigenvalue weighted by atomic mass is 19.4. The van der Waals surface area contributed by atoms with E-state index in [0.29, 0.717) is 12.8 Å². The zero-order chi connectivity index (χ0) is 17.6. The largest absolute Gasteiger partial charge is 0.471 e. The van der Waals surface area contributed by atoms with E-state index in [0.717, 1.165) is 0 Å². The predicted octanol–water partition coefficient (Wildman–Crippen LogP) is 2.91. The lowest BCUT2D eigenvalue weighted by Gasteiger charge is -2.28. The SMILES string of the molecule is C=CCCC(NC(=O)OC(C)(C)C)C(C)NC(=O)C(F)(F)F. The number of hydrogen-bond acceptors (Lipinski definition) is 3. The van der Waals surface area contributed by atoms with Gasteiger partial charge >= 0.3 is 18.2 Å². The van der Waals surface area contributed by atoms with Crippen LogP contribution in [0.4, 0.5) is 18.0 Å². The molecule has 8 heteroatoms. The number of rotatable bonds is 6. The molecule has 2 amide bonds. The van der Waals surface area contributed by atoms with Gasteiger partial charge in [0.25, 0.3) is 0 Å². The molecule has 0 bridgehead atoms. The molecule has 0 aromatic carbocycles. The van der Waals surface area contributed by atoms with E-state index in [-0.39, 0.29) is 0 Å². The first-order valence-electron chi connectivity index (χ1n) is 6.85. The maximum Gasteiger partial charge on any atom is 0.471 e. The Balaban J connectivity index is 4.78. The van der Waals surface area contributed by atoms with Crippen molar-refractivity contribution < 1.29 is 27.5 Å². The summed E-state index contributed by atoms with van der Waals surface area (Å²) in [7, 11) is 0. The molecule has 0 rings (SSSR count). The summed E-state index contributed by atoms with van der Waals surface area (Å²) < 4.78 is 41.9. The lowest BCUT2D eigenvalue weighted by molar-refractivity contribution is -0.174. The van der Waals surface area contributed by atoms with Crippen molar-refractivity contribution in [3.8, 4) is 0 Å². The Morgan fingerprint density at radius 3 is 2.18 bits per heavy atom. The topological polar surface area (TPSA) is 67.4 Å². The summed E-state index contributed by atoms with van der Waals surface area (Å²) in [6.45, 7) is 9.90. The van der Waals surface area contributed by atoms with Crippen molar-refractivity contribution in [1.82, 2.24) is 10.6 Å². The fourth-order valence-electron chi connectivity index (χ4n) is 1.59. The van der Waals surface area contributed by atoms with E-state index in [2.05, 4.69) is 11.9 Å². The van der Waals surface area contributed by atoms with Gasteiger partial charge in [-0.25, -0.2) is 4.79 Å². The summed E-state index contributed by atoms with van der Waals surface area (Å²) >= 11 is 0. The van der Waals surface area contributed by atoms with E-state index in [4.69, 9.17) is 4.74 Å². The molecular weight excluding hydrogens is 301 g/mol. The smallest absolute Gasteiger partial charge is 0.444 e. The van der Waals surface area contributed by atoms with Gasteiger partial charge in [0.1, 0.15) is 5.60 Å². The summed E-state index contributed by atoms with van der Waals surface area (Å²) in [6.07, 6.45) is -3.37. The number of alkyl carbamates (subject to hydrolysis) is 1. The molecule has 0 aromatic heterocycles. The highest BCUT2D eigenvalue weighted by molar-refractivity contribution is 5.82. The van der Waals surface area contributed by atoms with Crippen molar-refractivity contribution in [2.24, 2.45) is 0 Å². The zero-order valence-corrected chi connectivity index (χ0v) is 13.2. The summed E-state index contributed by atoms with van der Waals surface area (Å²) in [5.41, 5.74) is -0.731. The molecule has 0 aliphatic heterocycles. The zero-order valence-electron chi connectivity index (χ0n) is 13.2. The van der Waals surface area contributed by atoms with Crippen LogP contribution in [0.3, 0.4) is 0 Å². The lowest BCUT2D eigenvalue weighted by atomic mass is 10.0. The van der Waals surface area contributed by atoms with Crippen molar-refractivity contribution in [3.05, 3.63) is 12.7 Å². The van der Waals surface area contributed by atoms with Crippen LogP contribution in [0.15, 0.2) is 12.7 Å². The molecule has 0 heterocycles. The first kappa shape index (κ1) is 20.3. The van der Waals surface area contributed by atoms with Gasteiger partial charge in [0.05, 0.1) is 6.04 Å². The van der Waals surface area contributed by atoms with Crippen molar-refractivity contribution >= 4 is 12.0 Å². The van der Waals surface area contributed by atoms with Gasteiger partial charge in [-0.3, -0.25) is 4.79 Å². The van der Waals surface area contributed by atoms with E-state index in [1.807, 2.05) is 5.32 Å². The molecule has 0 aromatic rings. The number of carbonyl (C=O) groups excluding carboxylic acids is 2. The van der Waals surface area contributed by atoms with Crippen LogP contribution >= 0.6 is 0 Å². The van der Waals surface area contributed by atoms with Gasteiger partial charge in [0, 0.05) is 6.04 Å². The first-order valence-corrected chi connectivity index (χ1v) is 6.85. The third-order valence-electron chi connectivity index (χ3n) is 2.60. The highest BCUT2D eigenvalue weighted by Crippen LogP contribution is 2.16. The molecule has 0 saturated heterocycles. The van der Waals surface area contributed by atoms with E-state index in [9.17, 15) is 22.8 Å². The molecule has 2 atom stereocenters. The fraction of sp³-hybridized carbons (Fsp3) is 0.714. The Kier molecular flexibility index (Phi) is 7.42. The quantitative estimate of drug-likeness (QED) is 0.738. The van der Waals surface area contributed by atoms with E-state index in [1.54, 1.807) is 26.8 Å².